The second-order valence-electron chi connectivity index (χ2n) is 3.64. The van der Waals surface area contributed by atoms with Crippen LogP contribution in [0.15, 0.2) is 23.0 Å². The van der Waals surface area contributed by atoms with Gasteiger partial charge in [-0.3, -0.25) is 0 Å². The van der Waals surface area contributed by atoms with Crippen LogP contribution < -0.4 is 10.6 Å². The van der Waals surface area contributed by atoms with Crippen LogP contribution in [0.25, 0.3) is 0 Å². The van der Waals surface area contributed by atoms with E-state index in [0.29, 0.717) is 6.54 Å². The van der Waals surface area contributed by atoms with Crippen molar-refractivity contribution in [2.75, 3.05) is 6.54 Å². The number of amides is 2. The van der Waals surface area contributed by atoms with Gasteiger partial charge >= 0.3 is 6.03 Å². The normalized spacial score (nSPS) is 12.1. The van der Waals surface area contributed by atoms with Crippen LogP contribution in [-0.2, 0) is 6.42 Å². The number of rotatable bonds is 5. The van der Waals surface area contributed by atoms with Crippen molar-refractivity contribution in [3.05, 3.63) is 24.2 Å². The number of nitrogens with one attached hydrogen (secondary N) is 2. The summed E-state index contributed by atoms with van der Waals surface area (Å²) in [5, 5.41) is 5.63. The SMILES string of the molecule is CCCNC(=O)NC(C)Cc1ccoc1. The van der Waals surface area contributed by atoms with Gasteiger partial charge in [-0.25, -0.2) is 4.79 Å². The van der Waals surface area contributed by atoms with Gasteiger partial charge in [-0.1, -0.05) is 6.92 Å². The highest BCUT2D eigenvalue weighted by Crippen LogP contribution is 2.03. The van der Waals surface area contributed by atoms with Crippen molar-refractivity contribution in [2.45, 2.75) is 32.7 Å². The molecule has 0 aliphatic rings. The molecule has 0 radical (unpaired) electrons. The Morgan fingerprint density at radius 2 is 2.40 bits per heavy atom. The number of urea groups is 1. The summed E-state index contributed by atoms with van der Waals surface area (Å²) in [5.41, 5.74) is 1.10. The first-order valence-electron chi connectivity index (χ1n) is 5.27. The summed E-state index contributed by atoms with van der Waals surface area (Å²) in [6.07, 6.45) is 5.07. The molecule has 0 aliphatic carbocycles. The molecule has 1 aromatic rings. The molecule has 1 atom stereocenters. The van der Waals surface area contributed by atoms with Crippen LogP contribution in [0.1, 0.15) is 25.8 Å². The van der Waals surface area contributed by atoms with Gasteiger partial charge < -0.3 is 15.1 Å². The molecule has 4 nitrogen and oxygen atoms in total. The fourth-order valence-corrected chi connectivity index (χ4v) is 1.33. The lowest BCUT2D eigenvalue weighted by molar-refractivity contribution is 0.237. The van der Waals surface area contributed by atoms with Crippen molar-refractivity contribution < 1.29 is 9.21 Å². The van der Waals surface area contributed by atoms with E-state index in [1.807, 2.05) is 19.9 Å². The molecule has 2 N–H and O–H groups in total. The highest BCUT2D eigenvalue weighted by molar-refractivity contribution is 5.74. The molecule has 84 valence electrons. The van der Waals surface area contributed by atoms with E-state index in [0.717, 1.165) is 18.4 Å². The first-order valence-corrected chi connectivity index (χ1v) is 5.27. The number of furan rings is 1. The first-order chi connectivity index (χ1) is 7.22. The minimum absolute atomic E-state index is 0.104. The van der Waals surface area contributed by atoms with Gasteiger partial charge in [0.1, 0.15) is 0 Å². The smallest absolute Gasteiger partial charge is 0.315 e. The van der Waals surface area contributed by atoms with Crippen molar-refractivity contribution in [1.29, 1.82) is 0 Å². The number of carbonyl (C=O) groups excluding carboxylic acids is 1. The summed E-state index contributed by atoms with van der Waals surface area (Å²) in [6.45, 7) is 4.71. The summed E-state index contributed by atoms with van der Waals surface area (Å²) >= 11 is 0. The third-order valence-electron chi connectivity index (χ3n) is 2.04. The number of hydrogen-bond donors (Lipinski definition) is 2. The van der Waals surface area contributed by atoms with Gasteiger partial charge in [0, 0.05) is 12.6 Å². The fraction of sp³-hybridized carbons (Fsp3) is 0.545. The maximum Gasteiger partial charge on any atom is 0.315 e. The lowest BCUT2D eigenvalue weighted by Crippen LogP contribution is -2.41. The van der Waals surface area contributed by atoms with Crippen LogP contribution in [0.5, 0.6) is 0 Å². The molecule has 1 unspecified atom stereocenters. The molecule has 2 amide bonds. The van der Waals surface area contributed by atoms with E-state index in [1.165, 1.54) is 0 Å². The molecule has 0 bridgehead atoms. The molecular formula is C11H18N2O2. The van der Waals surface area contributed by atoms with E-state index < -0.39 is 0 Å². The molecular weight excluding hydrogens is 192 g/mol. The van der Waals surface area contributed by atoms with E-state index in [4.69, 9.17) is 4.42 Å². The van der Waals surface area contributed by atoms with Gasteiger partial charge in [0.2, 0.25) is 0 Å². The average molecular weight is 210 g/mol. The predicted molar refractivity (Wildman–Crippen MR) is 58.7 cm³/mol. The molecule has 1 rings (SSSR count). The lowest BCUT2D eigenvalue weighted by atomic mass is 10.1. The summed E-state index contributed by atoms with van der Waals surface area (Å²) in [7, 11) is 0. The molecule has 15 heavy (non-hydrogen) atoms. The third-order valence-corrected chi connectivity index (χ3v) is 2.04. The Bertz CT molecular complexity index is 283. The Morgan fingerprint density at radius 3 is 3.00 bits per heavy atom. The number of hydrogen-bond acceptors (Lipinski definition) is 2. The highest BCUT2D eigenvalue weighted by Gasteiger charge is 2.07. The molecule has 1 aromatic heterocycles. The zero-order chi connectivity index (χ0) is 11.1. The Kier molecular flexibility index (Phi) is 4.74. The first kappa shape index (κ1) is 11.6. The maximum atomic E-state index is 11.3. The second-order valence-corrected chi connectivity index (χ2v) is 3.64. The zero-order valence-corrected chi connectivity index (χ0v) is 9.25. The van der Waals surface area contributed by atoms with Gasteiger partial charge in [-0.15, -0.1) is 0 Å². The fourth-order valence-electron chi connectivity index (χ4n) is 1.33. The van der Waals surface area contributed by atoms with E-state index in [1.54, 1.807) is 12.5 Å². The van der Waals surface area contributed by atoms with Crippen LogP contribution in [0.4, 0.5) is 4.79 Å². The van der Waals surface area contributed by atoms with E-state index >= 15 is 0 Å². The monoisotopic (exact) mass is 210 g/mol. The second kappa shape index (κ2) is 6.11. The van der Waals surface area contributed by atoms with Gasteiger partial charge in [-0.05, 0) is 31.4 Å². The number of carbonyl (C=O) groups is 1. The van der Waals surface area contributed by atoms with Crippen LogP contribution in [0, 0.1) is 0 Å². The molecule has 0 saturated heterocycles. The third kappa shape index (κ3) is 4.54. The molecule has 1 heterocycles. The summed E-state index contributed by atoms with van der Waals surface area (Å²) in [5.74, 6) is 0. The minimum Gasteiger partial charge on any atom is -0.472 e. The minimum atomic E-state index is -0.104. The molecule has 0 spiro atoms. The average Bonchev–Trinajstić information content (AvgIpc) is 2.67. The molecule has 4 heteroatoms. The molecule has 0 fully saturated rings. The largest absolute Gasteiger partial charge is 0.472 e. The van der Waals surface area contributed by atoms with Crippen LogP contribution in [-0.4, -0.2) is 18.6 Å². The molecule has 0 aromatic carbocycles. The quantitative estimate of drug-likeness (QED) is 0.780. The van der Waals surface area contributed by atoms with Gasteiger partial charge in [0.15, 0.2) is 0 Å². The summed E-state index contributed by atoms with van der Waals surface area (Å²) < 4.78 is 4.96. The summed E-state index contributed by atoms with van der Waals surface area (Å²) in [4.78, 5) is 11.3. The van der Waals surface area contributed by atoms with E-state index in [-0.39, 0.29) is 12.1 Å². The zero-order valence-electron chi connectivity index (χ0n) is 9.25. The van der Waals surface area contributed by atoms with Crippen LogP contribution in [0.3, 0.4) is 0 Å². The highest BCUT2D eigenvalue weighted by atomic mass is 16.3. The van der Waals surface area contributed by atoms with Crippen molar-refractivity contribution in [2.24, 2.45) is 0 Å². The van der Waals surface area contributed by atoms with Gasteiger partial charge in [-0.2, -0.15) is 0 Å². The topological polar surface area (TPSA) is 54.3 Å². The van der Waals surface area contributed by atoms with Crippen LogP contribution >= 0.6 is 0 Å². The van der Waals surface area contributed by atoms with E-state index in [2.05, 4.69) is 10.6 Å². The van der Waals surface area contributed by atoms with Gasteiger partial charge in [0.25, 0.3) is 0 Å². The van der Waals surface area contributed by atoms with Crippen molar-refractivity contribution >= 4 is 6.03 Å². The Balaban J connectivity index is 2.23. The predicted octanol–water partition coefficient (Wildman–Crippen LogP) is 1.92. The van der Waals surface area contributed by atoms with Crippen molar-refractivity contribution in [3.8, 4) is 0 Å². The Hall–Kier alpha value is -1.45. The summed E-state index contributed by atoms with van der Waals surface area (Å²) in [6, 6.07) is 1.91. The lowest BCUT2D eigenvalue weighted by Gasteiger charge is -2.13. The Morgan fingerprint density at radius 1 is 1.60 bits per heavy atom. The standard InChI is InChI=1S/C11H18N2O2/c1-3-5-12-11(14)13-9(2)7-10-4-6-15-8-10/h4,6,8-9H,3,5,7H2,1-2H3,(H2,12,13,14). The molecule has 0 saturated carbocycles. The maximum absolute atomic E-state index is 11.3. The van der Waals surface area contributed by atoms with Crippen molar-refractivity contribution in [1.82, 2.24) is 10.6 Å². The van der Waals surface area contributed by atoms with Crippen LogP contribution in [0.2, 0.25) is 0 Å². The van der Waals surface area contributed by atoms with E-state index in [9.17, 15) is 4.79 Å². The molecule has 0 aliphatic heterocycles. The van der Waals surface area contributed by atoms with Gasteiger partial charge in [0.05, 0.1) is 12.5 Å². The Labute approximate surface area is 90.0 Å². The van der Waals surface area contributed by atoms with Crippen molar-refractivity contribution in [3.63, 3.8) is 0 Å².